The van der Waals surface area contributed by atoms with Crippen molar-refractivity contribution in [1.82, 2.24) is 9.97 Å². The van der Waals surface area contributed by atoms with Gasteiger partial charge in [-0.1, -0.05) is 0 Å². The molecule has 5 heteroatoms. The Bertz CT molecular complexity index is 318. The van der Waals surface area contributed by atoms with Crippen LogP contribution in [0.1, 0.15) is 12.7 Å². The first kappa shape index (κ1) is 11.7. The van der Waals surface area contributed by atoms with Crippen molar-refractivity contribution in [1.29, 1.82) is 0 Å². The molecule has 5 nitrogen and oxygen atoms in total. The molecule has 0 spiro atoms. The summed E-state index contributed by atoms with van der Waals surface area (Å²) in [5, 5.41) is 3.15. The van der Waals surface area contributed by atoms with E-state index >= 15 is 0 Å². The Labute approximate surface area is 89.8 Å². The highest BCUT2D eigenvalue weighted by molar-refractivity contribution is 5.38. The van der Waals surface area contributed by atoms with Crippen LogP contribution in [0.2, 0.25) is 0 Å². The van der Waals surface area contributed by atoms with Crippen molar-refractivity contribution < 1.29 is 9.47 Å². The van der Waals surface area contributed by atoms with E-state index in [0.717, 1.165) is 5.82 Å². The zero-order chi connectivity index (χ0) is 11.3. The molecule has 0 amide bonds. The molecule has 0 aliphatic heterocycles. The topological polar surface area (TPSA) is 56.3 Å². The number of ether oxygens (including phenoxy) is 2. The van der Waals surface area contributed by atoms with Crippen LogP contribution < -0.4 is 10.1 Å². The molecule has 0 radical (unpaired) electrons. The van der Waals surface area contributed by atoms with Crippen LogP contribution >= 0.6 is 0 Å². The van der Waals surface area contributed by atoms with Crippen LogP contribution in [0.15, 0.2) is 6.07 Å². The van der Waals surface area contributed by atoms with Gasteiger partial charge in [0.15, 0.2) is 0 Å². The maximum absolute atomic E-state index is 5.12. The molecule has 0 bridgehead atoms. The largest absolute Gasteiger partial charge is 0.481 e. The first-order chi connectivity index (χ1) is 7.15. The summed E-state index contributed by atoms with van der Waals surface area (Å²) < 4.78 is 10.2. The fourth-order valence-corrected chi connectivity index (χ4v) is 1.07. The van der Waals surface area contributed by atoms with Gasteiger partial charge in [-0.2, -0.15) is 4.98 Å². The number of anilines is 1. The zero-order valence-corrected chi connectivity index (χ0v) is 9.57. The molecule has 0 aliphatic rings. The van der Waals surface area contributed by atoms with Gasteiger partial charge in [0.2, 0.25) is 5.88 Å². The summed E-state index contributed by atoms with van der Waals surface area (Å²) in [5.41, 5.74) is 0. The smallest absolute Gasteiger partial charge is 0.218 e. The highest BCUT2D eigenvalue weighted by Gasteiger charge is 2.03. The molecule has 0 saturated heterocycles. The van der Waals surface area contributed by atoms with Crippen LogP contribution in [-0.2, 0) is 4.74 Å². The van der Waals surface area contributed by atoms with E-state index in [4.69, 9.17) is 9.47 Å². The lowest BCUT2D eigenvalue weighted by atomic mass is 10.4. The molecule has 1 heterocycles. The third-order valence-electron chi connectivity index (χ3n) is 2.00. The number of hydrogen-bond acceptors (Lipinski definition) is 5. The lowest BCUT2D eigenvalue weighted by Gasteiger charge is -2.11. The summed E-state index contributed by atoms with van der Waals surface area (Å²) in [6, 6.07) is 1.76. The van der Waals surface area contributed by atoms with Gasteiger partial charge in [-0.15, -0.1) is 0 Å². The second-order valence-electron chi connectivity index (χ2n) is 3.27. The minimum Gasteiger partial charge on any atom is -0.481 e. The van der Waals surface area contributed by atoms with Gasteiger partial charge >= 0.3 is 0 Å². The number of nitrogens with zero attached hydrogens (tertiary/aromatic N) is 2. The molecule has 1 N–H and O–H groups in total. The van der Waals surface area contributed by atoms with E-state index in [1.165, 1.54) is 0 Å². The number of aryl methyl sites for hydroxylation is 1. The lowest BCUT2D eigenvalue weighted by Crippen LogP contribution is -2.18. The van der Waals surface area contributed by atoms with Gasteiger partial charge in [-0.25, -0.2) is 4.98 Å². The summed E-state index contributed by atoms with van der Waals surface area (Å²) in [6.45, 7) is 4.52. The van der Waals surface area contributed by atoms with Crippen molar-refractivity contribution in [3.63, 3.8) is 0 Å². The Hall–Kier alpha value is -1.36. The van der Waals surface area contributed by atoms with Gasteiger partial charge in [-0.05, 0) is 13.8 Å². The van der Waals surface area contributed by atoms with Crippen molar-refractivity contribution in [2.24, 2.45) is 0 Å². The normalized spacial score (nSPS) is 12.3. The highest BCUT2D eigenvalue weighted by Crippen LogP contribution is 2.12. The molecule has 15 heavy (non-hydrogen) atoms. The van der Waals surface area contributed by atoms with E-state index in [-0.39, 0.29) is 6.10 Å². The van der Waals surface area contributed by atoms with Gasteiger partial charge in [0.25, 0.3) is 0 Å². The molecule has 1 unspecified atom stereocenters. The van der Waals surface area contributed by atoms with Gasteiger partial charge in [0.1, 0.15) is 11.6 Å². The predicted octanol–water partition coefficient (Wildman–Crippen LogP) is 1.24. The van der Waals surface area contributed by atoms with Gasteiger partial charge < -0.3 is 14.8 Å². The second-order valence-corrected chi connectivity index (χ2v) is 3.27. The Morgan fingerprint density at radius 2 is 2.13 bits per heavy atom. The molecular weight excluding hydrogens is 194 g/mol. The minimum atomic E-state index is 0.145. The molecule has 0 aliphatic carbocycles. The number of aromatic nitrogens is 2. The van der Waals surface area contributed by atoms with Crippen LogP contribution in [-0.4, -0.2) is 36.8 Å². The third kappa shape index (κ3) is 3.71. The second kappa shape index (κ2) is 5.50. The van der Waals surface area contributed by atoms with Crippen molar-refractivity contribution in [2.45, 2.75) is 20.0 Å². The number of rotatable bonds is 5. The summed E-state index contributed by atoms with van der Waals surface area (Å²) in [5.74, 6) is 2.00. The van der Waals surface area contributed by atoms with Crippen LogP contribution in [0, 0.1) is 6.92 Å². The predicted molar refractivity (Wildman–Crippen MR) is 58.3 cm³/mol. The van der Waals surface area contributed by atoms with E-state index in [0.29, 0.717) is 18.2 Å². The molecule has 1 rings (SSSR count). The first-order valence-corrected chi connectivity index (χ1v) is 4.82. The Kier molecular flexibility index (Phi) is 4.30. The fraction of sp³-hybridized carbons (Fsp3) is 0.600. The average Bonchev–Trinajstić information content (AvgIpc) is 2.25. The first-order valence-electron chi connectivity index (χ1n) is 4.82. The maximum Gasteiger partial charge on any atom is 0.218 e. The Balaban J connectivity index is 2.64. The monoisotopic (exact) mass is 211 g/mol. The number of hydrogen-bond donors (Lipinski definition) is 1. The van der Waals surface area contributed by atoms with Crippen LogP contribution in [0.25, 0.3) is 0 Å². The molecule has 0 fully saturated rings. The zero-order valence-electron chi connectivity index (χ0n) is 9.57. The van der Waals surface area contributed by atoms with E-state index in [2.05, 4.69) is 15.3 Å². The molecule has 1 atom stereocenters. The van der Waals surface area contributed by atoms with Crippen molar-refractivity contribution in [3.05, 3.63) is 11.9 Å². The quantitative estimate of drug-likeness (QED) is 0.794. The average molecular weight is 211 g/mol. The van der Waals surface area contributed by atoms with Gasteiger partial charge in [0, 0.05) is 19.7 Å². The summed E-state index contributed by atoms with van der Waals surface area (Å²) in [4.78, 5) is 8.33. The third-order valence-corrected chi connectivity index (χ3v) is 2.00. The maximum atomic E-state index is 5.12. The molecule has 0 aromatic carbocycles. The van der Waals surface area contributed by atoms with Crippen LogP contribution in [0.5, 0.6) is 5.88 Å². The number of nitrogens with one attached hydrogen (secondary N) is 1. The van der Waals surface area contributed by atoms with E-state index in [9.17, 15) is 0 Å². The van der Waals surface area contributed by atoms with Gasteiger partial charge in [-0.3, -0.25) is 0 Å². The fourth-order valence-electron chi connectivity index (χ4n) is 1.07. The summed E-state index contributed by atoms with van der Waals surface area (Å²) >= 11 is 0. The van der Waals surface area contributed by atoms with Crippen molar-refractivity contribution in [3.8, 4) is 5.88 Å². The summed E-state index contributed by atoms with van der Waals surface area (Å²) in [6.07, 6.45) is 0.145. The summed E-state index contributed by atoms with van der Waals surface area (Å²) in [7, 11) is 3.27. The molecule has 0 saturated carbocycles. The minimum absolute atomic E-state index is 0.145. The SMILES string of the molecule is COc1cc(NCC(C)OC)nc(C)n1. The standard InChI is InChI=1S/C10H17N3O2/c1-7(14-3)6-11-9-5-10(15-4)13-8(2)12-9/h5,7H,6H2,1-4H3,(H,11,12,13). The Morgan fingerprint density at radius 1 is 1.40 bits per heavy atom. The van der Waals surface area contributed by atoms with E-state index in [1.54, 1.807) is 20.3 Å². The molecular formula is C10H17N3O2. The molecule has 1 aromatic rings. The van der Waals surface area contributed by atoms with Gasteiger partial charge in [0.05, 0.1) is 13.2 Å². The Morgan fingerprint density at radius 3 is 2.73 bits per heavy atom. The highest BCUT2D eigenvalue weighted by atomic mass is 16.5. The molecule has 84 valence electrons. The van der Waals surface area contributed by atoms with Crippen molar-refractivity contribution >= 4 is 5.82 Å². The number of methoxy groups -OCH3 is 2. The van der Waals surface area contributed by atoms with Crippen LogP contribution in [0.3, 0.4) is 0 Å². The molecule has 1 aromatic heterocycles. The van der Waals surface area contributed by atoms with Crippen molar-refractivity contribution in [2.75, 3.05) is 26.1 Å². The van der Waals surface area contributed by atoms with E-state index < -0.39 is 0 Å². The lowest BCUT2D eigenvalue weighted by molar-refractivity contribution is 0.128. The van der Waals surface area contributed by atoms with E-state index in [1.807, 2.05) is 13.8 Å². The van der Waals surface area contributed by atoms with Crippen LogP contribution in [0.4, 0.5) is 5.82 Å².